The summed E-state index contributed by atoms with van der Waals surface area (Å²) in [5.74, 6) is 1.62. The smallest absolute Gasteiger partial charge is 0.210 e. The summed E-state index contributed by atoms with van der Waals surface area (Å²) in [6, 6.07) is 2.14. The van der Waals surface area contributed by atoms with Gasteiger partial charge in [-0.3, -0.25) is 29.7 Å². The molecule has 279 valence electrons. The van der Waals surface area contributed by atoms with Crippen LogP contribution in [0, 0.1) is 31.8 Å². The minimum atomic E-state index is -0.304. The fourth-order valence-electron chi connectivity index (χ4n) is 5.10. The zero-order chi connectivity index (χ0) is 38.6. The second kappa shape index (κ2) is 14.1. The van der Waals surface area contributed by atoms with E-state index in [2.05, 4.69) is 82.1 Å². The van der Waals surface area contributed by atoms with Gasteiger partial charge in [0.1, 0.15) is 6.07 Å². The van der Waals surface area contributed by atoms with Crippen molar-refractivity contribution in [1.82, 2.24) is 60.0 Å². The van der Waals surface area contributed by atoms with Crippen molar-refractivity contribution in [2.75, 3.05) is 0 Å². The summed E-state index contributed by atoms with van der Waals surface area (Å²) in [4.78, 5) is 12.3. The van der Waals surface area contributed by atoms with E-state index >= 15 is 0 Å². The van der Waals surface area contributed by atoms with Crippen LogP contribution < -0.4 is 20.2 Å². The molecule has 0 unspecified atom stereocenters. The van der Waals surface area contributed by atoms with Crippen molar-refractivity contribution in [2.24, 2.45) is 20.5 Å². The molecule has 6 aromatic heterocycles. The van der Waals surface area contributed by atoms with Gasteiger partial charge in [-0.1, -0.05) is 83.1 Å². The van der Waals surface area contributed by atoms with Gasteiger partial charge in [-0.2, -0.15) is 5.26 Å². The van der Waals surface area contributed by atoms with Gasteiger partial charge in [-0.05, 0) is 42.5 Å². The van der Waals surface area contributed by atoms with E-state index in [1.807, 2.05) is 83.1 Å². The average Bonchev–Trinajstić information content (AvgIpc) is 3.83. The monoisotopic (exact) mass is 757 g/mol. The maximum absolute atomic E-state index is 9.50. The molecule has 0 aromatic carbocycles. The Balaban J connectivity index is 0.000000232. The summed E-state index contributed by atoms with van der Waals surface area (Å²) in [6.45, 7) is 35.1. The van der Waals surface area contributed by atoms with E-state index in [4.69, 9.17) is 6.57 Å². The molecule has 53 heavy (non-hydrogen) atoms. The summed E-state index contributed by atoms with van der Waals surface area (Å²) < 4.78 is 2.93. The topological polar surface area (TPSA) is 220 Å². The molecule has 0 saturated heterocycles. The Labute approximate surface area is 318 Å². The summed E-state index contributed by atoms with van der Waals surface area (Å²) in [6.07, 6.45) is 0. The molecule has 0 spiro atoms. The van der Waals surface area contributed by atoms with Crippen molar-refractivity contribution >= 4 is 40.0 Å². The summed E-state index contributed by atoms with van der Waals surface area (Å²) in [7, 11) is 0. The van der Waals surface area contributed by atoms with E-state index < -0.39 is 0 Å². The summed E-state index contributed by atoms with van der Waals surface area (Å²) >= 11 is 0. The van der Waals surface area contributed by atoms with Crippen LogP contribution in [0.1, 0.15) is 123 Å². The number of rotatable bonds is 4. The van der Waals surface area contributed by atoms with E-state index in [9.17, 15) is 5.26 Å². The molecule has 0 fully saturated rings. The molecular weight excluding hydrogens is 715 g/mol. The number of aryl methyl sites for hydroxylation is 2. The molecule has 1 radical (unpaired) electrons. The Morgan fingerprint density at radius 2 is 1.00 bits per heavy atom. The first-order valence-electron chi connectivity index (χ1n) is 16.5. The zero-order valence-corrected chi connectivity index (χ0v) is 33.6. The van der Waals surface area contributed by atoms with E-state index in [1.54, 1.807) is 13.8 Å². The van der Waals surface area contributed by atoms with Gasteiger partial charge in [0.25, 0.3) is 0 Å². The van der Waals surface area contributed by atoms with Crippen LogP contribution in [-0.4, -0.2) is 39.9 Å². The zero-order valence-electron chi connectivity index (χ0n) is 32.4. The quantitative estimate of drug-likeness (QED) is 0.0999. The van der Waals surface area contributed by atoms with Crippen molar-refractivity contribution < 1.29 is 17.1 Å². The molecular formula is C34H42MnN18-4. The molecule has 0 aliphatic rings. The van der Waals surface area contributed by atoms with E-state index in [0.29, 0.717) is 57.0 Å². The van der Waals surface area contributed by atoms with Gasteiger partial charge < -0.3 is 40.6 Å². The predicted molar refractivity (Wildman–Crippen MR) is 191 cm³/mol. The second-order valence-corrected chi connectivity index (χ2v) is 16.4. The molecule has 19 heteroatoms. The molecule has 18 nitrogen and oxygen atoms in total. The molecule has 0 aliphatic heterocycles. The number of hydrogen-bond acceptors (Lipinski definition) is 11. The predicted octanol–water partition coefficient (Wildman–Crippen LogP) is 7.14. The van der Waals surface area contributed by atoms with Crippen LogP contribution in [0.25, 0.3) is 16.1 Å². The van der Waals surface area contributed by atoms with Gasteiger partial charge >= 0.3 is 0 Å². The van der Waals surface area contributed by atoms with Crippen molar-refractivity contribution in [3.05, 3.63) is 51.4 Å². The fourth-order valence-corrected chi connectivity index (χ4v) is 5.10. The third-order valence-corrected chi connectivity index (χ3v) is 7.60. The van der Waals surface area contributed by atoms with Crippen LogP contribution in [0.5, 0.6) is 0 Å². The minimum absolute atomic E-state index is 0. The number of nitriles is 1. The Kier molecular flexibility index (Phi) is 10.7. The molecule has 6 aromatic rings. The first kappa shape index (κ1) is 40.3. The van der Waals surface area contributed by atoms with Crippen molar-refractivity contribution in [2.45, 2.75) is 119 Å². The van der Waals surface area contributed by atoms with Gasteiger partial charge in [0.2, 0.25) is 5.69 Å². The number of hydrogen-bond donors (Lipinski definition) is 0. The Morgan fingerprint density at radius 3 is 1.40 bits per heavy atom. The van der Waals surface area contributed by atoms with E-state index in [0.717, 1.165) is 11.4 Å². The van der Waals surface area contributed by atoms with E-state index in [1.165, 1.54) is 9.26 Å². The molecule has 0 saturated carbocycles. The van der Waals surface area contributed by atoms with Crippen molar-refractivity contribution in [1.29, 1.82) is 5.26 Å². The van der Waals surface area contributed by atoms with Crippen molar-refractivity contribution in [3.63, 3.8) is 0 Å². The maximum atomic E-state index is 9.50. The Morgan fingerprint density at radius 1 is 0.604 bits per heavy atom. The van der Waals surface area contributed by atoms with E-state index in [-0.39, 0.29) is 50.4 Å². The van der Waals surface area contributed by atoms with Gasteiger partial charge in [0.15, 0.2) is 0 Å². The Bertz CT molecular complexity index is 2230. The average molecular weight is 758 g/mol. The van der Waals surface area contributed by atoms with Crippen LogP contribution in [0.3, 0.4) is 0 Å². The summed E-state index contributed by atoms with van der Waals surface area (Å²) in [5.41, 5.74) is 4.35. The Hall–Kier alpha value is -5.52. The van der Waals surface area contributed by atoms with Gasteiger partial charge in [0.05, 0.1) is 57.6 Å². The molecule has 6 rings (SSSR count). The van der Waals surface area contributed by atoms with Gasteiger partial charge in [0, 0.05) is 33.3 Å². The van der Waals surface area contributed by atoms with Crippen molar-refractivity contribution in [3.8, 4) is 6.07 Å². The molecule has 6 heterocycles. The molecule has 0 aliphatic carbocycles. The summed E-state index contributed by atoms with van der Waals surface area (Å²) in [5, 5.41) is 60.4. The van der Waals surface area contributed by atoms with Gasteiger partial charge in [-0.15, -0.1) is 0 Å². The minimum Gasteiger partial charge on any atom is -0.365 e. The van der Waals surface area contributed by atoms with Crippen LogP contribution in [0.2, 0.25) is 0 Å². The van der Waals surface area contributed by atoms with Crippen LogP contribution >= 0.6 is 0 Å². The van der Waals surface area contributed by atoms with Crippen LogP contribution in [0.4, 0.5) is 28.7 Å². The third kappa shape index (κ3) is 8.11. The second-order valence-electron chi connectivity index (χ2n) is 16.4. The van der Waals surface area contributed by atoms with Crippen LogP contribution in [-0.2, 0) is 38.7 Å². The number of azo groups is 2. The molecule has 0 bridgehead atoms. The fraction of sp³-hybridized carbons (Fsp3) is 0.529. The molecule has 0 N–H and O–H groups in total. The number of nitrogens with zero attached hydrogens (tertiary/aromatic N) is 18. The standard InChI is InChI=1S/2C17H21N9.Mn/c1-9-19-15-11(13(17(5,6)7)25-26(15)24-9)20-22-14-10(18-8)12(21-23-14)16(2,3)4;1-9-19-15-11(13(17(5,6)7)25-26(15)24-9)20-22-14-10(8-18)12(21-23-14)16(2,3)4;/h2*1-7H3;/q2*-2;. The maximum Gasteiger partial charge on any atom is 0.210 e. The first-order chi connectivity index (χ1) is 24.0. The molecule has 0 atom stereocenters. The normalized spacial score (nSPS) is 12.8. The first-order valence-corrected chi connectivity index (χ1v) is 16.5. The largest absolute Gasteiger partial charge is 0.365 e. The van der Waals surface area contributed by atoms with Crippen LogP contribution in [0.15, 0.2) is 20.5 Å². The SMILES string of the molecule is Cc1nn2nc(C(C)(C)C)c(N=Nc3[n-]nc(C(C)(C)C)c3C#N)c2[n-]1.[C-]#[N+]c1c(C(C)(C)C)n[n-]c1N=Nc1c(C(C)(C)C)nn2nc(C)[n-]c12.[Mn]. The number of fused-ring (bicyclic) bond motifs is 2. The third-order valence-electron chi connectivity index (χ3n) is 7.60. The molecule has 0 amide bonds. The van der Waals surface area contributed by atoms with Gasteiger partial charge in [-0.25, -0.2) is 15.0 Å². The number of aromatic nitrogens is 12.